The molecular weight excluding hydrogens is 196 g/mol. The molecule has 0 spiro atoms. The van der Waals surface area contributed by atoms with Crippen molar-refractivity contribution in [1.82, 2.24) is 0 Å². The Balaban J connectivity index is 2.53. The van der Waals surface area contributed by atoms with Crippen molar-refractivity contribution in [2.75, 3.05) is 0 Å². The van der Waals surface area contributed by atoms with E-state index in [4.69, 9.17) is 11.0 Å². The molecule has 1 aliphatic rings. The molecule has 0 bridgehead atoms. The van der Waals surface area contributed by atoms with E-state index in [1.165, 1.54) is 11.1 Å². The lowest BCUT2D eigenvalue weighted by Crippen LogP contribution is -2.31. The minimum absolute atomic E-state index is 0.143. The van der Waals surface area contributed by atoms with Gasteiger partial charge in [-0.1, -0.05) is 6.07 Å². The molecule has 0 radical (unpaired) electrons. The number of hydrogen-bond donors (Lipinski definition) is 1. The average Bonchev–Trinajstić information content (AvgIpc) is 3.02. The van der Waals surface area contributed by atoms with Gasteiger partial charge in [0.15, 0.2) is 0 Å². The molecule has 1 aliphatic carbocycles. The van der Waals surface area contributed by atoms with Gasteiger partial charge in [-0.05, 0) is 56.4 Å². The first-order valence-corrected chi connectivity index (χ1v) is 5.78. The number of nitrogens with zero attached hydrogens (tertiary/aromatic N) is 1. The Morgan fingerprint density at radius 1 is 1.38 bits per heavy atom. The molecule has 2 heteroatoms. The Labute approximate surface area is 97.1 Å². The van der Waals surface area contributed by atoms with Crippen LogP contribution in [0.1, 0.15) is 42.0 Å². The molecule has 0 amide bonds. The quantitative estimate of drug-likeness (QED) is 0.822. The van der Waals surface area contributed by atoms with Gasteiger partial charge in [-0.15, -0.1) is 0 Å². The molecular formula is C14H18N2. The predicted octanol–water partition coefficient (Wildman–Crippen LogP) is 2.55. The summed E-state index contributed by atoms with van der Waals surface area (Å²) in [6.07, 6.45) is 2.30. The first kappa shape index (κ1) is 11.2. The smallest absolute Gasteiger partial charge is 0.0994 e. The number of nitriles is 1. The fourth-order valence-electron chi connectivity index (χ4n) is 2.40. The third kappa shape index (κ3) is 1.52. The fraction of sp³-hybridized carbons (Fsp3) is 0.500. The molecule has 1 saturated carbocycles. The molecule has 16 heavy (non-hydrogen) atoms. The van der Waals surface area contributed by atoms with E-state index in [1.807, 2.05) is 13.0 Å². The highest BCUT2D eigenvalue weighted by Crippen LogP contribution is 2.50. The van der Waals surface area contributed by atoms with Crippen LogP contribution >= 0.6 is 0 Å². The summed E-state index contributed by atoms with van der Waals surface area (Å²) in [5.74, 6) is 0. The number of benzene rings is 1. The zero-order chi connectivity index (χ0) is 11.9. The second-order valence-corrected chi connectivity index (χ2v) is 5.02. The Morgan fingerprint density at radius 2 is 2.00 bits per heavy atom. The summed E-state index contributed by atoms with van der Waals surface area (Å²) in [4.78, 5) is 0. The third-order valence-corrected chi connectivity index (χ3v) is 4.02. The van der Waals surface area contributed by atoms with Gasteiger partial charge in [-0.2, -0.15) is 5.26 Å². The number of hydrogen-bond acceptors (Lipinski definition) is 2. The van der Waals surface area contributed by atoms with Gasteiger partial charge in [0.05, 0.1) is 11.6 Å². The van der Waals surface area contributed by atoms with Crippen molar-refractivity contribution >= 4 is 0 Å². The van der Waals surface area contributed by atoms with Crippen molar-refractivity contribution in [1.29, 1.82) is 5.26 Å². The normalized spacial score (nSPS) is 18.9. The molecule has 0 saturated heterocycles. The third-order valence-electron chi connectivity index (χ3n) is 4.02. The van der Waals surface area contributed by atoms with Crippen molar-refractivity contribution in [3.8, 4) is 6.07 Å². The lowest BCUT2D eigenvalue weighted by atomic mass is 9.86. The van der Waals surface area contributed by atoms with E-state index in [9.17, 15) is 0 Å². The van der Waals surface area contributed by atoms with Crippen molar-refractivity contribution in [3.63, 3.8) is 0 Å². The summed E-state index contributed by atoms with van der Waals surface area (Å²) in [5, 5.41) is 9.11. The largest absolute Gasteiger partial charge is 0.327 e. The molecule has 2 nitrogen and oxygen atoms in total. The molecule has 2 rings (SSSR count). The zero-order valence-corrected chi connectivity index (χ0v) is 10.2. The average molecular weight is 214 g/mol. The maximum Gasteiger partial charge on any atom is 0.0994 e. The van der Waals surface area contributed by atoms with Crippen LogP contribution in [0.3, 0.4) is 0 Å². The molecule has 0 aromatic heterocycles. The number of nitrogens with two attached hydrogens (primary N) is 1. The van der Waals surface area contributed by atoms with E-state index >= 15 is 0 Å². The van der Waals surface area contributed by atoms with E-state index in [1.54, 1.807) is 0 Å². The molecule has 1 aromatic carbocycles. The molecule has 1 unspecified atom stereocenters. The van der Waals surface area contributed by atoms with E-state index in [0.29, 0.717) is 0 Å². The van der Waals surface area contributed by atoms with Crippen LogP contribution in [0.2, 0.25) is 0 Å². The van der Waals surface area contributed by atoms with Crippen LogP contribution in [-0.4, -0.2) is 6.04 Å². The molecule has 0 heterocycles. The fourth-order valence-corrected chi connectivity index (χ4v) is 2.40. The van der Waals surface area contributed by atoms with Crippen LogP contribution in [0, 0.1) is 25.2 Å². The molecule has 0 aliphatic heterocycles. The van der Waals surface area contributed by atoms with Crippen LogP contribution < -0.4 is 5.73 Å². The van der Waals surface area contributed by atoms with Crippen LogP contribution in [0.5, 0.6) is 0 Å². The minimum atomic E-state index is 0.143. The summed E-state index contributed by atoms with van der Waals surface area (Å²) >= 11 is 0. The summed E-state index contributed by atoms with van der Waals surface area (Å²) in [7, 11) is 0. The van der Waals surface area contributed by atoms with Crippen LogP contribution in [0.15, 0.2) is 12.1 Å². The van der Waals surface area contributed by atoms with Crippen LogP contribution in [0.4, 0.5) is 0 Å². The summed E-state index contributed by atoms with van der Waals surface area (Å²) in [6, 6.07) is 6.67. The maximum absolute atomic E-state index is 9.11. The Kier molecular flexibility index (Phi) is 2.52. The van der Waals surface area contributed by atoms with Crippen molar-refractivity contribution in [3.05, 3.63) is 34.4 Å². The van der Waals surface area contributed by atoms with Crippen LogP contribution in [0.25, 0.3) is 0 Å². The molecule has 84 valence electrons. The highest BCUT2D eigenvalue weighted by molar-refractivity contribution is 5.48. The van der Waals surface area contributed by atoms with Crippen molar-refractivity contribution < 1.29 is 0 Å². The van der Waals surface area contributed by atoms with E-state index < -0.39 is 0 Å². The molecule has 1 atom stereocenters. The summed E-state index contributed by atoms with van der Waals surface area (Å²) < 4.78 is 0. The van der Waals surface area contributed by atoms with Gasteiger partial charge in [-0.25, -0.2) is 0 Å². The lowest BCUT2D eigenvalue weighted by molar-refractivity contribution is 0.556. The van der Waals surface area contributed by atoms with Gasteiger partial charge in [0.1, 0.15) is 0 Å². The van der Waals surface area contributed by atoms with E-state index in [-0.39, 0.29) is 11.5 Å². The molecule has 2 N–H and O–H groups in total. The second-order valence-electron chi connectivity index (χ2n) is 5.02. The van der Waals surface area contributed by atoms with Gasteiger partial charge < -0.3 is 5.73 Å². The molecule has 1 fully saturated rings. The first-order valence-electron chi connectivity index (χ1n) is 5.78. The summed E-state index contributed by atoms with van der Waals surface area (Å²) in [5.41, 5.74) is 10.5. The highest BCUT2D eigenvalue weighted by Gasteiger charge is 2.47. The number of rotatable bonds is 2. The van der Waals surface area contributed by atoms with Gasteiger partial charge >= 0.3 is 0 Å². The summed E-state index contributed by atoms with van der Waals surface area (Å²) in [6.45, 7) is 6.13. The topological polar surface area (TPSA) is 49.8 Å². The first-order chi connectivity index (χ1) is 7.51. The maximum atomic E-state index is 9.11. The van der Waals surface area contributed by atoms with Crippen molar-refractivity contribution in [2.24, 2.45) is 5.73 Å². The van der Waals surface area contributed by atoms with E-state index in [2.05, 4.69) is 26.0 Å². The Hall–Kier alpha value is -1.33. The van der Waals surface area contributed by atoms with Gasteiger partial charge in [-0.3, -0.25) is 0 Å². The Bertz CT molecular complexity index is 462. The second kappa shape index (κ2) is 3.61. The monoisotopic (exact) mass is 214 g/mol. The number of aryl methyl sites for hydroxylation is 1. The van der Waals surface area contributed by atoms with Crippen LogP contribution in [-0.2, 0) is 5.41 Å². The minimum Gasteiger partial charge on any atom is -0.327 e. The van der Waals surface area contributed by atoms with Gasteiger partial charge in [0, 0.05) is 11.5 Å². The van der Waals surface area contributed by atoms with Crippen molar-refractivity contribution in [2.45, 2.75) is 45.1 Å². The molecule has 1 aromatic rings. The van der Waals surface area contributed by atoms with Gasteiger partial charge in [0.2, 0.25) is 0 Å². The van der Waals surface area contributed by atoms with Gasteiger partial charge in [0.25, 0.3) is 0 Å². The SMILES string of the molecule is Cc1cc(C2(C(C)N)CC2)cc(C#N)c1C. The Morgan fingerprint density at radius 3 is 2.44 bits per heavy atom. The highest BCUT2D eigenvalue weighted by atomic mass is 14.7. The van der Waals surface area contributed by atoms with E-state index in [0.717, 1.165) is 24.0 Å². The zero-order valence-electron chi connectivity index (χ0n) is 10.2. The standard InChI is InChI=1S/C14H18N2/c1-9-6-13(7-12(8-15)10(9)2)14(4-5-14)11(3)16/h6-7,11H,4-5,16H2,1-3H3. The predicted molar refractivity (Wildman–Crippen MR) is 65.2 cm³/mol. The lowest BCUT2D eigenvalue weighted by Gasteiger charge is -2.21.